The number of rotatable bonds is 0. The van der Waals surface area contributed by atoms with Crippen molar-refractivity contribution in [3.63, 3.8) is 0 Å². The molecule has 0 heterocycles. The molecule has 0 radical (unpaired) electrons. The summed E-state index contributed by atoms with van der Waals surface area (Å²) in [4.78, 5) is 0. The first-order valence-electron chi connectivity index (χ1n) is 3.92. The molecule has 0 nitrogen and oxygen atoms in total. The Kier molecular flexibility index (Phi) is 36.1. The standard InChI is InChI=1S/C4H9S3.C3H6S3.BF3.FH/c1-5-4(6-2)7-3;1-5-3(4)6-2;2-1(3)4;/h1-3H3;1-2H3;;1H/q+1;;;/p-1. The van der Waals surface area contributed by atoms with Crippen molar-refractivity contribution in [2.45, 2.75) is 0 Å². The van der Waals surface area contributed by atoms with Crippen LogP contribution < -0.4 is 4.70 Å². The molecule has 0 aliphatic rings. The number of thioether (sulfide) groups is 4. The van der Waals surface area contributed by atoms with E-state index >= 15 is 0 Å². The van der Waals surface area contributed by atoms with E-state index in [2.05, 4.69) is 18.8 Å². The van der Waals surface area contributed by atoms with E-state index in [4.69, 9.17) is 12.2 Å². The zero-order valence-electron chi connectivity index (χ0n) is 10.5. The Morgan fingerprint density at radius 1 is 0.944 bits per heavy atom. The Bertz CT molecular complexity index is 190. The van der Waals surface area contributed by atoms with Gasteiger partial charge in [0.2, 0.25) is 0 Å². The zero-order chi connectivity index (χ0) is 14.3. The quantitative estimate of drug-likeness (QED) is 0.270. The van der Waals surface area contributed by atoms with Gasteiger partial charge in [-0.05, 0) is 25.0 Å². The molecule has 110 valence electrons. The monoisotopic (exact) mass is 378 g/mol. The van der Waals surface area contributed by atoms with Crippen molar-refractivity contribution in [2.24, 2.45) is 0 Å². The molecular formula is C7H15BF4S6. The molecule has 0 aromatic rings. The maximum absolute atomic E-state index is 9.67. The topological polar surface area (TPSA) is 0 Å². The van der Waals surface area contributed by atoms with Gasteiger partial charge in [-0.2, -0.15) is 0 Å². The highest BCUT2D eigenvalue weighted by Gasteiger charge is 2.06. The minimum Gasteiger partial charge on any atom is -1.00 e. The minimum atomic E-state index is -3.67. The highest BCUT2D eigenvalue weighted by Crippen LogP contribution is 2.09. The molecule has 0 amide bonds. The molecule has 0 aliphatic carbocycles. The van der Waals surface area contributed by atoms with Crippen molar-refractivity contribution in [1.82, 2.24) is 0 Å². The molecule has 0 spiro atoms. The summed E-state index contributed by atoms with van der Waals surface area (Å²) in [5, 5.41) is 0. The number of halogens is 4. The summed E-state index contributed by atoms with van der Waals surface area (Å²) in [6, 6.07) is 0. The van der Waals surface area contributed by atoms with Gasteiger partial charge in [-0.25, -0.2) is 0 Å². The molecule has 0 fully saturated rings. The smallest absolute Gasteiger partial charge is 0.762 e. The molecule has 0 rings (SSSR count). The average Bonchev–Trinajstić information content (AvgIpc) is 2.30. The van der Waals surface area contributed by atoms with E-state index in [0.29, 0.717) is 0 Å². The molecule has 0 atom stereocenters. The molecule has 0 bridgehead atoms. The lowest BCUT2D eigenvalue weighted by Gasteiger charge is -1.85. The van der Waals surface area contributed by atoms with Crippen molar-refractivity contribution < 1.29 is 17.7 Å². The van der Waals surface area contributed by atoms with Crippen molar-refractivity contribution in [1.29, 1.82) is 0 Å². The van der Waals surface area contributed by atoms with Crippen LogP contribution in [0.2, 0.25) is 0 Å². The molecule has 0 aromatic carbocycles. The van der Waals surface area contributed by atoms with Gasteiger partial charge >= 0.3 is 7.54 Å². The molecular weight excluding hydrogens is 363 g/mol. The maximum Gasteiger partial charge on any atom is 0.762 e. The lowest BCUT2D eigenvalue weighted by Crippen LogP contribution is -3.00. The predicted octanol–water partition coefficient (Wildman–Crippen LogP) is 1.39. The summed E-state index contributed by atoms with van der Waals surface area (Å²) in [6.45, 7) is 0. The third kappa shape index (κ3) is 36.0. The van der Waals surface area contributed by atoms with Crippen molar-refractivity contribution in [2.75, 3.05) is 31.3 Å². The SMILES string of the molecule is CSC(=S)SC.CSC(SC)=[S+]C.FB(F)F.[F-]. The normalized spacial score (nSPS) is 7.56. The van der Waals surface area contributed by atoms with E-state index in [-0.39, 0.29) is 4.70 Å². The highest BCUT2D eigenvalue weighted by atomic mass is 32.2. The first-order chi connectivity index (χ1) is 7.89. The summed E-state index contributed by atoms with van der Waals surface area (Å²) >= 11 is 13.5. The van der Waals surface area contributed by atoms with Crippen LogP contribution in [0.25, 0.3) is 0 Å². The Balaban J connectivity index is -0.0000000823. The van der Waals surface area contributed by atoms with Gasteiger partial charge in [0.25, 0.3) is 3.53 Å². The largest absolute Gasteiger partial charge is 1.00 e. The van der Waals surface area contributed by atoms with Crippen LogP contribution in [-0.2, 0) is 11.4 Å². The van der Waals surface area contributed by atoms with Gasteiger partial charge in [0, 0.05) is 0 Å². The molecule has 0 saturated carbocycles. The lowest BCUT2D eigenvalue weighted by atomic mass is 10.5. The van der Waals surface area contributed by atoms with Crippen LogP contribution in [0.1, 0.15) is 0 Å². The fourth-order valence-electron chi connectivity index (χ4n) is 0.333. The van der Waals surface area contributed by atoms with Crippen molar-refractivity contribution in [3.05, 3.63) is 0 Å². The van der Waals surface area contributed by atoms with Gasteiger partial charge in [0.05, 0.1) is 0 Å². The summed E-state index contributed by atoms with van der Waals surface area (Å²) in [6.07, 6.45) is 10.3. The molecule has 18 heavy (non-hydrogen) atoms. The zero-order valence-corrected chi connectivity index (χ0v) is 15.4. The van der Waals surface area contributed by atoms with E-state index < -0.39 is 7.54 Å². The third-order valence-corrected chi connectivity index (χ3v) is 7.50. The van der Waals surface area contributed by atoms with Gasteiger partial charge in [-0.15, -0.1) is 23.5 Å². The molecule has 0 aromatic heterocycles. The Labute approximate surface area is 133 Å². The summed E-state index contributed by atoms with van der Waals surface area (Å²) in [5.74, 6) is 0. The Morgan fingerprint density at radius 2 is 1.22 bits per heavy atom. The fraction of sp³-hybridized carbons (Fsp3) is 0.714. The van der Waals surface area contributed by atoms with E-state index in [1.165, 1.54) is 3.53 Å². The first-order valence-corrected chi connectivity index (χ1v) is 10.5. The fourth-order valence-corrected chi connectivity index (χ4v) is 3.00. The second kappa shape index (κ2) is 23.5. The van der Waals surface area contributed by atoms with Crippen LogP contribution in [0.5, 0.6) is 0 Å². The molecule has 0 N–H and O–H groups in total. The number of hydrogen-bond acceptors (Lipinski definition) is 5. The van der Waals surface area contributed by atoms with E-state index in [1.54, 1.807) is 23.5 Å². The summed E-state index contributed by atoms with van der Waals surface area (Å²) in [5.41, 5.74) is 0. The van der Waals surface area contributed by atoms with Gasteiger partial charge in [-0.1, -0.05) is 35.7 Å². The van der Waals surface area contributed by atoms with Crippen LogP contribution in [0.3, 0.4) is 0 Å². The molecule has 11 heteroatoms. The summed E-state index contributed by atoms with van der Waals surface area (Å²) < 4.78 is 31.4. The molecule has 0 saturated heterocycles. The lowest BCUT2D eigenvalue weighted by molar-refractivity contribution is -0.00000610. The molecule has 0 unspecified atom stereocenters. The van der Waals surface area contributed by atoms with E-state index in [1.807, 2.05) is 47.4 Å². The van der Waals surface area contributed by atoms with E-state index in [0.717, 1.165) is 3.53 Å². The molecule has 0 aliphatic heterocycles. The highest BCUT2D eigenvalue weighted by molar-refractivity contribution is 8.47. The Morgan fingerprint density at radius 3 is 1.22 bits per heavy atom. The van der Waals surface area contributed by atoms with Gasteiger partial charge in [0.1, 0.15) is 3.53 Å². The third-order valence-electron chi connectivity index (χ3n) is 0.833. The van der Waals surface area contributed by atoms with Crippen LogP contribution in [0, 0.1) is 0 Å². The second-order valence-electron chi connectivity index (χ2n) is 1.77. The van der Waals surface area contributed by atoms with Crippen LogP contribution in [0.4, 0.5) is 12.9 Å². The first kappa shape index (κ1) is 27.7. The average molecular weight is 378 g/mol. The maximum atomic E-state index is 9.67. The van der Waals surface area contributed by atoms with Crippen LogP contribution in [0.15, 0.2) is 0 Å². The predicted molar refractivity (Wildman–Crippen MR) is 94.0 cm³/mol. The summed E-state index contributed by atoms with van der Waals surface area (Å²) in [7, 11) is -3.67. The van der Waals surface area contributed by atoms with Crippen molar-refractivity contribution >= 4 is 85.2 Å². The van der Waals surface area contributed by atoms with Crippen LogP contribution in [-0.4, -0.2) is 45.9 Å². The van der Waals surface area contributed by atoms with Gasteiger partial charge in [-0.3, -0.25) is 12.9 Å². The minimum absolute atomic E-state index is 0. The van der Waals surface area contributed by atoms with Crippen molar-refractivity contribution in [3.8, 4) is 0 Å². The number of thiocarbonyl (C=S) groups is 1. The Hall–Kier alpha value is 1.36. The van der Waals surface area contributed by atoms with Crippen LogP contribution >= 0.6 is 59.3 Å². The van der Waals surface area contributed by atoms with E-state index in [9.17, 15) is 12.9 Å². The number of hydrogen-bond donors (Lipinski definition) is 0. The van der Waals surface area contributed by atoms with Gasteiger partial charge in [0.15, 0.2) is 17.6 Å². The second-order valence-corrected chi connectivity index (χ2v) is 7.81. The van der Waals surface area contributed by atoms with Gasteiger partial charge < -0.3 is 4.70 Å².